The molecule has 2 nitrogen and oxygen atoms in total. The van der Waals surface area contributed by atoms with Crippen molar-refractivity contribution in [2.45, 2.75) is 25.3 Å². The number of nitrogens with zero attached hydrogens (tertiary/aromatic N) is 1. The van der Waals surface area contributed by atoms with E-state index in [0.29, 0.717) is 5.02 Å². The summed E-state index contributed by atoms with van der Waals surface area (Å²) in [5.41, 5.74) is 6.85. The van der Waals surface area contributed by atoms with Crippen LogP contribution in [-0.4, -0.2) is 4.98 Å². The monoisotopic (exact) mass is 274 g/mol. The van der Waals surface area contributed by atoms with Gasteiger partial charge in [-0.2, -0.15) is 0 Å². The Labute approximate surface area is 97.0 Å². The molecule has 0 unspecified atom stereocenters. The minimum absolute atomic E-state index is 0.0110. The number of rotatable bonds is 3. The highest BCUT2D eigenvalue weighted by molar-refractivity contribution is 9.10. The number of halogens is 2. The Balaban J connectivity index is 2.13. The van der Waals surface area contributed by atoms with Crippen LogP contribution in [0.25, 0.3) is 0 Å². The zero-order valence-electron chi connectivity index (χ0n) is 7.71. The molecule has 1 fully saturated rings. The van der Waals surface area contributed by atoms with E-state index in [4.69, 9.17) is 17.3 Å². The van der Waals surface area contributed by atoms with Crippen LogP contribution in [-0.2, 0) is 0 Å². The summed E-state index contributed by atoms with van der Waals surface area (Å²) in [5, 5.41) is 0.660. The van der Waals surface area contributed by atoms with E-state index < -0.39 is 0 Å². The lowest BCUT2D eigenvalue weighted by molar-refractivity contribution is 0.583. The zero-order chi connectivity index (χ0) is 10.1. The molecule has 0 aromatic carbocycles. The molecule has 14 heavy (non-hydrogen) atoms. The summed E-state index contributed by atoms with van der Waals surface area (Å²) >= 11 is 9.38. The molecule has 1 atom stereocenters. The van der Waals surface area contributed by atoms with Gasteiger partial charge in [-0.15, -0.1) is 0 Å². The summed E-state index contributed by atoms with van der Waals surface area (Å²) in [6.45, 7) is 0. The van der Waals surface area contributed by atoms with E-state index in [1.54, 1.807) is 6.20 Å². The van der Waals surface area contributed by atoms with Crippen LogP contribution in [0, 0.1) is 5.92 Å². The van der Waals surface area contributed by atoms with Gasteiger partial charge in [0, 0.05) is 16.7 Å². The first-order valence-corrected chi connectivity index (χ1v) is 5.90. The van der Waals surface area contributed by atoms with Crippen LogP contribution in [0.15, 0.2) is 16.7 Å². The highest BCUT2D eigenvalue weighted by atomic mass is 79.9. The lowest BCUT2D eigenvalue weighted by Gasteiger charge is -2.11. The van der Waals surface area contributed by atoms with Crippen LogP contribution < -0.4 is 5.73 Å². The maximum atomic E-state index is 6.06. The third kappa shape index (κ3) is 2.47. The Bertz CT molecular complexity index is 339. The fourth-order valence-corrected chi connectivity index (χ4v) is 2.29. The number of hydrogen-bond donors (Lipinski definition) is 1. The van der Waals surface area contributed by atoms with E-state index in [1.807, 2.05) is 6.07 Å². The van der Waals surface area contributed by atoms with Gasteiger partial charge >= 0.3 is 0 Å². The lowest BCUT2D eigenvalue weighted by Crippen LogP contribution is -2.13. The van der Waals surface area contributed by atoms with Crippen LogP contribution in [0.2, 0.25) is 5.02 Å². The normalized spacial score (nSPS) is 18.2. The number of pyridine rings is 1. The number of nitrogens with two attached hydrogens (primary N) is 1. The van der Waals surface area contributed by atoms with Crippen LogP contribution in [0.5, 0.6) is 0 Å². The van der Waals surface area contributed by atoms with Crippen molar-refractivity contribution in [1.29, 1.82) is 0 Å². The predicted molar refractivity (Wildman–Crippen MR) is 61.2 cm³/mol. The Morgan fingerprint density at radius 2 is 2.36 bits per heavy atom. The minimum atomic E-state index is -0.0110. The average Bonchev–Trinajstić information content (AvgIpc) is 2.87. The van der Waals surface area contributed by atoms with Gasteiger partial charge in [0.2, 0.25) is 0 Å². The average molecular weight is 276 g/mol. The molecular formula is C10H12BrClN2. The molecule has 0 bridgehead atoms. The van der Waals surface area contributed by atoms with Crippen LogP contribution >= 0.6 is 27.5 Å². The molecule has 4 heteroatoms. The largest absolute Gasteiger partial charge is 0.323 e. The smallest absolute Gasteiger partial charge is 0.0757 e. The van der Waals surface area contributed by atoms with Gasteiger partial charge in [0.15, 0.2) is 0 Å². The van der Waals surface area contributed by atoms with E-state index >= 15 is 0 Å². The topological polar surface area (TPSA) is 38.9 Å². The first-order valence-electron chi connectivity index (χ1n) is 4.73. The Kier molecular flexibility index (Phi) is 3.10. The lowest BCUT2D eigenvalue weighted by atomic mass is 10.1. The van der Waals surface area contributed by atoms with Crippen LogP contribution in [0.4, 0.5) is 0 Å². The molecule has 1 saturated carbocycles. The Morgan fingerprint density at radius 1 is 1.64 bits per heavy atom. The van der Waals surface area contributed by atoms with Crippen molar-refractivity contribution >= 4 is 27.5 Å². The molecule has 0 spiro atoms. The second-order valence-electron chi connectivity index (χ2n) is 3.81. The molecule has 0 radical (unpaired) electrons. The molecule has 0 amide bonds. The molecule has 1 heterocycles. The van der Waals surface area contributed by atoms with E-state index in [1.165, 1.54) is 12.8 Å². The van der Waals surface area contributed by atoms with E-state index in [-0.39, 0.29) is 6.04 Å². The molecule has 0 saturated heterocycles. The standard InChI is InChI=1S/C10H12BrClN2/c11-7-4-8(12)10(14-5-7)9(13)3-6-1-2-6/h4-6,9H,1-3,13H2/t9-/m1/s1. The summed E-state index contributed by atoms with van der Waals surface area (Å²) in [4.78, 5) is 4.25. The van der Waals surface area contributed by atoms with Gasteiger partial charge < -0.3 is 5.73 Å². The van der Waals surface area contributed by atoms with Crippen LogP contribution in [0.1, 0.15) is 31.0 Å². The highest BCUT2D eigenvalue weighted by Gasteiger charge is 2.25. The maximum absolute atomic E-state index is 6.06. The van der Waals surface area contributed by atoms with Crippen molar-refractivity contribution in [2.75, 3.05) is 0 Å². The third-order valence-corrected chi connectivity index (χ3v) is 3.21. The van der Waals surface area contributed by atoms with Crippen molar-refractivity contribution in [3.05, 3.63) is 27.5 Å². The summed E-state index contributed by atoms with van der Waals surface area (Å²) < 4.78 is 0.893. The SMILES string of the molecule is N[C@H](CC1CC1)c1ncc(Br)cc1Cl. The van der Waals surface area contributed by atoms with Gasteiger partial charge in [-0.05, 0) is 34.3 Å². The first-order chi connectivity index (χ1) is 6.66. The molecular weight excluding hydrogens is 263 g/mol. The molecule has 1 aliphatic rings. The van der Waals surface area contributed by atoms with E-state index in [9.17, 15) is 0 Å². The fraction of sp³-hybridized carbons (Fsp3) is 0.500. The van der Waals surface area contributed by atoms with Gasteiger partial charge in [-0.1, -0.05) is 24.4 Å². The van der Waals surface area contributed by atoms with Crippen LogP contribution in [0.3, 0.4) is 0 Å². The summed E-state index contributed by atoms with van der Waals surface area (Å²) in [6, 6.07) is 1.83. The molecule has 1 aromatic rings. The summed E-state index contributed by atoms with van der Waals surface area (Å²) in [6.07, 6.45) is 5.37. The highest BCUT2D eigenvalue weighted by Crippen LogP contribution is 2.37. The summed E-state index contributed by atoms with van der Waals surface area (Å²) in [7, 11) is 0. The van der Waals surface area contributed by atoms with Crippen molar-refractivity contribution < 1.29 is 0 Å². The predicted octanol–water partition coefficient (Wildman–Crippen LogP) is 3.30. The zero-order valence-corrected chi connectivity index (χ0v) is 10.1. The van der Waals surface area contributed by atoms with Crippen molar-refractivity contribution in [3.8, 4) is 0 Å². The van der Waals surface area contributed by atoms with Crippen molar-refractivity contribution in [2.24, 2.45) is 11.7 Å². The van der Waals surface area contributed by atoms with Crippen molar-refractivity contribution in [1.82, 2.24) is 4.98 Å². The maximum Gasteiger partial charge on any atom is 0.0757 e. The molecule has 1 aliphatic carbocycles. The Hall–Kier alpha value is -0.120. The summed E-state index contributed by atoms with van der Waals surface area (Å²) in [5.74, 6) is 0.798. The number of aromatic nitrogens is 1. The second kappa shape index (κ2) is 4.17. The quantitative estimate of drug-likeness (QED) is 0.919. The van der Waals surface area contributed by atoms with Gasteiger partial charge in [0.25, 0.3) is 0 Å². The van der Waals surface area contributed by atoms with Gasteiger partial charge in [0.1, 0.15) is 0 Å². The molecule has 0 aliphatic heterocycles. The van der Waals surface area contributed by atoms with Gasteiger partial charge in [-0.25, -0.2) is 0 Å². The van der Waals surface area contributed by atoms with Gasteiger partial charge in [-0.3, -0.25) is 4.98 Å². The molecule has 2 N–H and O–H groups in total. The number of hydrogen-bond acceptors (Lipinski definition) is 2. The molecule has 76 valence electrons. The Morgan fingerprint density at radius 3 is 2.93 bits per heavy atom. The molecule has 1 aromatic heterocycles. The third-order valence-electron chi connectivity index (χ3n) is 2.47. The van der Waals surface area contributed by atoms with E-state index in [0.717, 1.165) is 22.5 Å². The minimum Gasteiger partial charge on any atom is -0.323 e. The van der Waals surface area contributed by atoms with E-state index in [2.05, 4.69) is 20.9 Å². The molecule has 2 rings (SSSR count). The second-order valence-corrected chi connectivity index (χ2v) is 5.13. The first kappa shape index (κ1) is 10.4. The van der Waals surface area contributed by atoms with Gasteiger partial charge in [0.05, 0.1) is 10.7 Å². The fourth-order valence-electron chi connectivity index (χ4n) is 1.52. The van der Waals surface area contributed by atoms with Crippen molar-refractivity contribution in [3.63, 3.8) is 0 Å².